The van der Waals surface area contributed by atoms with Crippen molar-refractivity contribution in [2.45, 2.75) is 13.3 Å². The molecule has 90 valence electrons. The highest BCUT2D eigenvalue weighted by molar-refractivity contribution is 14.1. The average molecular weight is 352 g/mol. The van der Waals surface area contributed by atoms with E-state index in [-0.39, 0.29) is 21.4 Å². The number of esters is 1. The molecule has 1 heterocycles. The molecule has 0 saturated heterocycles. The van der Waals surface area contributed by atoms with Crippen molar-refractivity contribution in [3.8, 4) is 6.07 Å². The predicted molar refractivity (Wildman–Crippen MR) is 62.6 cm³/mol. The number of hydrogen-bond donors (Lipinski definition) is 0. The Balaban J connectivity index is 3.45. The Kier molecular flexibility index (Phi) is 4.74. The van der Waals surface area contributed by atoms with E-state index in [1.165, 1.54) is 0 Å². The monoisotopic (exact) mass is 352 g/mol. The Labute approximate surface area is 110 Å². The number of carbonyl (C=O) groups is 1. The van der Waals surface area contributed by atoms with E-state index >= 15 is 0 Å². The molecule has 1 rings (SSSR count). The number of halogens is 3. The van der Waals surface area contributed by atoms with E-state index in [4.69, 9.17) is 5.26 Å². The normalized spacial score (nSPS) is 10.1. The zero-order valence-electron chi connectivity index (χ0n) is 8.71. The van der Waals surface area contributed by atoms with Gasteiger partial charge in [0.1, 0.15) is 15.3 Å². The van der Waals surface area contributed by atoms with Crippen LogP contribution in [0.15, 0.2) is 6.20 Å². The molecule has 0 N–H and O–H groups in total. The molecule has 0 bridgehead atoms. The van der Waals surface area contributed by atoms with Crippen LogP contribution < -0.4 is 0 Å². The van der Waals surface area contributed by atoms with Crippen molar-refractivity contribution in [2.75, 3.05) is 6.61 Å². The third-order valence-electron chi connectivity index (χ3n) is 1.89. The van der Waals surface area contributed by atoms with Crippen LogP contribution in [0.1, 0.15) is 34.8 Å². The minimum atomic E-state index is -2.93. The fourth-order valence-corrected chi connectivity index (χ4v) is 1.86. The molecule has 0 fully saturated rings. The Morgan fingerprint density at radius 3 is 2.82 bits per heavy atom. The summed E-state index contributed by atoms with van der Waals surface area (Å²) in [6.45, 7) is 1.63. The molecule has 1 aromatic heterocycles. The van der Waals surface area contributed by atoms with Crippen molar-refractivity contribution in [2.24, 2.45) is 0 Å². The van der Waals surface area contributed by atoms with Gasteiger partial charge in [0.2, 0.25) is 0 Å². The SMILES string of the molecule is CCOC(=O)c1c(I)ncc(C#N)c1C(F)F. The second-order valence-electron chi connectivity index (χ2n) is 2.88. The molecule has 0 aliphatic carbocycles. The van der Waals surface area contributed by atoms with Crippen LogP contribution in [0.2, 0.25) is 0 Å². The van der Waals surface area contributed by atoms with Gasteiger partial charge in [-0.05, 0) is 29.5 Å². The summed E-state index contributed by atoms with van der Waals surface area (Å²) < 4.78 is 30.5. The fourth-order valence-electron chi connectivity index (χ4n) is 1.21. The van der Waals surface area contributed by atoms with Crippen molar-refractivity contribution in [3.05, 3.63) is 26.6 Å². The third kappa shape index (κ3) is 2.88. The van der Waals surface area contributed by atoms with E-state index in [1.807, 2.05) is 0 Å². The van der Waals surface area contributed by atoms with Crippen molar-refractivity contribution < 1.29 is 18.3 Å². The highest BCUT2D eigenvalue weighted by Gasteiger charge is 2.26. The lowest BCUT2D eigenvalue weighted by Crippen LogP contribution is -2.13. The molecule has 0 spiro atoms. The summed E-state index contributed by atoms with van der Waals surface area (Å²) in [5.74, 6) is -0.892. The van der Waals surface area contributed by atoms with Crippen LogP contribution in [0.3, 0.4) is 0 Å². The van der Waals surface area contributed by atoms with Gasteiger partial charge in [0, 0.05) is 6.20 Å². The third-order valence-corrected chi connectivity index (χ3v) is 2.71. The largest absolute Gasteiger partial charge is 0.462 e. The number of ether oxygens (including phenoxy) is 1. The first-order valence-electron chi connectivity index (χ1n) is 4.56. The van der Waals surface area contributed by atoms with Crippen LogP contribution in [0, 0.1) is 15.0 Å². The summed E-state index contributed by atoms with van der Waals surface area (Å²) in [7, 11) is 0. The van der Waals surface area contributed by atoms with Crippen molar-refractivity contribution in [1.29, 1.82) is 5.26 Å². The second kappa shape index (κ2) is 5.86. The van der Waals surface area contributed by atoms with Crippen molar-refractivity contribution in [3.63, 3.8) is 0 Å². The zero-order chi connectivity index (χ0) is 13.0. The number of carbonyl (C=O) groups excluding carboxylic acids is 1. The quantitative estimate of drug-likeness (QED) is 0.477. The maximum atomic E-state index is 12.9. The average Bonchev–Trinajstić information content (AvgIpc) is 2.28. The van der Waals surface area contributed by atoms with Gasteiger partial charge < -0.3 is 4.74 Å². The van der Waals surface area contributed by atoms with E-state index in [0.29, 0.717) is 0 Å². The van der Waals surface area contributed by atoms with Gasteiger partial charge in [-0.1, -0.05) is 0 Å². The molecule has 0 unspecified atom stereocenters. The smallest absolute Gasteiger partial charge is 0.341 e. The minimum absolute atomic E-state index is 0.0639. The van der Waals surface area contributed by atoms with Crippen LogP contribution in [0.4, 0.5) is 8.78 Å². The van der Waals surface area contributed by atoms with Gasteiger partial charge in [0.15, 0.2) is 0 Å². The number of alkyl halides is 2. The minimum Gasteiger partial charge on any atom is -0.462 e. The van der Waals surface area contributed by atoms with Crippen LogP contribution in [0.5, 0.6) is 0 Å². The molecule has 0 radical (unpaired) electrons. The summed E-state index contributed by atoms with van der Waals surface area (Å²) in [4.78, 5) is 15.3. The van der Waals surface area contributed by atoms with Gasteiger partial charge in [-0.25, -0.2) is 18.6 Å². The lowest BCUT2D eigenvalue weighted by atomic mass is 10.1. The Morgan fingerprint density at radius 2 is 2.35 bits per heavy atom. The first-order chi connectivity index (χ1) is 8.02. The summed E-state index contributed by atoms with van der Waals surface area (Å²) in [5.41, 5.74) is -1.27. The predicted octanol–water partition coefficient (Wildman–Crippen LogP) is 2.67. The van der Waals surface area contributed by atoms with Crippen molar-refractivity contribution in [1.82, 2.24) is 4.98 Å². The molecule has 1 aromatic rings. The highest BCUT2D eigenvalue weighted by atomic mass is 127. The van der Waals surface area contributed by atoms with Crippen molar-refractivity contribution >= 4 is 28.6 Å². The first kappa shape index (κ1) is 13.8. The molecule has 0 aliphatic heterocycles. The van der Waals surface area contributed by atoms with E-state index in [2.05, 4.69) is 9.72 Å². The molecule has 4 nitrogen and oxygen atoms in total. The van der Waals surface area contributed by atoms with Gasteiger partial charge in [-0.2, -0.15) is 5.26 Å². The highest BCUT2D eigenvalue weighted by Crippen LogP contribution is 2.29. The van der Waals surface area contributed by atoms with Gasteiger partial charge in [0.05, 0.1) is 17.7 Å². The number of hydrogen-bond acceptors (Lipinski definition) is 4. The fraction of sp³-hybridized carbons (Fsp3) is 0.300. The lowest BCUT2D eigenvalue weighted by Gasteiger charge is -2.10. The molecular formula is C10H7F2IN2O2. The van der Waals surface area contributed by atoms with E-state index in [0.717, 1.165) is 6.20 Å². The second-order valence-corrected chi connectivity index (χ2v) is 3.91. The molecule has 7 heteroatoms. The standard InChI is InChI=1S/C10H7F2IN2O2/c1-2-17-10(16)7-6(8(11)12)5(3-14)4-15-9(7)13/h4,8H,2H2,1H3. The molecule has 0 atom stereocenters. The number of pyridine rings is 1. The summed E-state index contributed by atoms with van der Waals surface area (Å²) in [6, 6.07) is 1.59. The van der Waals surface area contributed by atoms with Gasteiger partial charge >= 0.3 is 5.97 Å². The molecular weight excluding hydrogens is 345 g/mol. The molecule has 0 saturated carbocycles. The van der Waals surface area contributed by atoms with Gasteiger partial charge in [-0.15, -0.1) is 0 Å². The Bertz CT molecular complexity index is 486. The van der Waals surface area contributed by atoms with Crippen LogP contribution >= 0.6 is 22.6 Å². The summed E-state index contributed by atoms with van der Waals surface area (Å²) in [6.07, 6.45) is -1.91. The lowest BCUT2D eigenvalue weighted by molar-refractivity contribution is 0.0513. The topological polar surface area (TPSA) is 63.0 Å². The van der Waals surface area contributed by atoms with E-state index < -0.39 is 18.0 Å². The molecule has 0 aromatic carbocycles. The zero-order valence-corrected chi connectivity index (χ0v) is 10.9. The van der Waals surface area contributed by atoms with E-state index in [1.54, 1.807) is 35.6 Å². The maximum absolute atomic E-state index is 12.9. The maximum Gasteiger partial charge on any atom is 0.341 e. The Hall–Kier alpha value is -1.30. The molecule has 17 heavy (non-hydrogen) atoms. The summed E-state index contributed by atoms with van der Waals surface area (Å²) in [5, 5.41) is 8.72. The van der Waals surface area contributed by atoms with Gasteiger partial charge in [0.25, 0.3) is 6.43 Å². The van der Waals surface area contributed by atoms with E-state index in [9.17, 15) is 13.6 Å². The number of nitriles is 1. The Morgan fingerprint density at radius 1 is 1.71 bits per heavy atom. The number of nitrogens with zero attached hydrogens (tertiary/aromatic N) is 2. The molecule has 0 amide bonds. The summed E-state index contributed by atoms with van der Waals surface area (Å²) >= 11 is 1.65. The number of aromatic nitrogens is 1. The van der Waals surface area contributed by atoms with Crippen LogP contribution in [0.25, 0.3) is 0 Å². The number of rotatable bonds is 3. The first-order valence-corrected chi connectivity index (χ1v) is 5.64. The molecule has 0 aliphatic rings. The van der Waals surface area contributed by atoms with Gasteiger partial charge in [-0.3, -0.25) is 0 Å². The van der Waals surface area contributed by atoms with Crippen LogP contribution in [-0.2, 0) is 4.74 Å². The van der Waals surface area contributed by atoms with Crippen LogP contribution in [-0.4, -0.2) is 17.6 Å².